The molecule has 0 saturated carbocycles. The SMILES string of the molecule is CCCC(C)C(NCC)c1cc(Br)c(F)cc1OC. The van der Waals surface area contributed by atoms with Crippen molar-refractivity contribution in [1.82, 2.24) is 5.32 Å². The van der Waals surface area contributed by atoms with E-state index < -0.39 is 0 Å². The molecule has 2 unspecified atom stereocenters. The Labute approximate surface area is 123 Å². The maximum atomic E-state index is 13.6. The van der Waals surface area contributed by atoms with Crippen LogP contribution in [0, 0.1) is 11.7 Å². The smallest absolute Gasteiger partial charge is 0.141 e. The molecule has 1 aromatic rings. The number of rotatable bonds is 7. The molecule has 2 atom stereocenters. The Bertz CT molecular complexity index is 411. The summed E-state index contributed by atoms with van der Waals surface area (Å²) in [6.45, 7) is 7.35. The monoisotopic (exact) mass is 331 g/mol. The second kappa shape index (κ2) is 7.85. The highest BCUT2D eigenvalue weighted by molar-refractivity contribution is 9.10. The molecule has 4 heteroatoms. The predicted octanol–water partition coefficient (Wildman–Crippen LogP) is 4.68. The first-order valence-electron chi connectivity index (χ1n) is 6.81. The number of ether oxygens (including phenoxy) is 1. The molecular formula is C15H23BrFNO. The minimum atomic E-state index is -0.293. The van der Waals surface area contributed by atoms with Crippen molar-refractivity contribution in [2.75, 3.05) is 13.7 Å². The lowest BCUT2D eigenvalue weighted by Crippen LogP contribution is -2.27. The highest BCUT2D eigenvalue weighted by Gasteiger charge is 2.22. The molecule has 0 heterocycles. The van der Waals surface area contributed by atoms with Gasteiger partial charge in [0.25, 0.3) is 0 Å². The third-order valence-electron chi connectivity index (χ3n) is 3.34. The maximum absolute atomic E-state index is 13.6. The van der Waals surface area contributed by atoms with Gasteiger partial charge in [-0.1, -0.05) is 27.2 Å². The van der Waals surface area contributed by atoms with E-state index in [-0.39, 0.29) is 11.9 Å². The topological polar surface area (TPSA) is 21.3 Å². The maximum Gasteiger partial charge on any atom is 0.141 e. The van der Waals surface area contributed by atoms with Gasteiger partial charge in [0.1, 0.15) is 11.6 Å². The van der Waals surface area contributed by atoms with Crippen LogP contribution in [-0.4, -0.2) is 13.7 Å². The van der Waals surface area contributed by atoms with E-state index in [2.05, 4.69) is 42.0 Å². The molecule has 0 radical (unpaired) electrons. The molecule has 0 bridgehead atoms. The molecule has 2 nitrogen and oxygen atoms in total. The van der Waals surface area contributed by atoms with E-state index in [0.29, 0.717) is 16.1 Å². The number of nitrogens with one attached hydrogen (secondary N) is 1. The van der Waals surface area contributed by atoms with Crippen LogP contribution in [-0.2, 0) is 0 Å². The highest BCUT2D eigenvalue weighted by Crippen LogP contribution is 2.35. The third kappa shape index (κ3) is 4.18. The summed E-state index contributed by atoms with van der Waals surface area (Å²) in [6.07, 6.45) is 2.25. The molecule has 19 heavy (non-hydrogen) atoms. The van der Waals surface area contributed by atoms with Gasteiger partial charge in [-0.3, -0.25) is 0 Å². The number of halogens is 2. The Morgan fingerprint density at radius 1 is 1.37 bits per heavy atom. The molecule has 0 fully saturated rings. The van der Waals surface area contributed by atoms with Crippen LogP contribution in [0.4, 0.5) is 4.39 Å². The van der Waals surface area contributed by atoms with Gasteiger partial charge in [-0.25, -0.2) is 4.39 Å². The fourth-order valence-corrected chi connectivity index (χ4v) is 2.78. The van der Waals surface area contributed by atoms with Gasteiger partial charge in [-0.05, 0) is 40.9 Å². The molecule has 1 N–H and O–H groups in total. The van der Waals surface area contributed by atoms with Gasteiger partial charge in [-0.15, -0.1) is 0 Å². The molecule has 0 aliphatic heterocycles. The Balaban J connectivity index is 3.17. The van der Waals surface area contributed by atoms with Gasteiger partial charge in [-0.2, -0.15) is 0 Å². The van der Waals surface area contributed by atoms with Gasteiger partial charge in [0, 0.05) is 17.7 Å². The van der Waals surface area contributed by atoms with Crippen molar-refractivity contribution in [2.24, 2.45) is 5.92 Å². The normalized spacial score (nSPS) is 14.2. The van der Waals surface area contributed by atoms with E-state index >= 15 is 0 Å². The largest absolute Gasteiger partial charge is 0.496 e. The number of hydrogen-bond donors (Lipinski definition) is 1. The number of benzene rings is 1. The van der Waals surface area contributed by atoms with Crippen molar-refractivity contribution in [3.63, 3.8) is 0 Å². The van der Waals surface area contributed by atoms with Crippen molar-refractivity contribution in [3.8, 4) is 5.75 Å². The number of hydrogen-bond acceptors (Lipinski definition) is 2. The van der Waals surface area contributed by atoms with E-state index in [4.69, 9.17) is 4.74 Å². The van der Waals surface area contributed by atoms with Gasteiger partial charge in [0.2, 0.25) is 0 Å². The van der Waals surface area contributed by atoms with Gasteiger partial charge in [0.05, 0.1) is 11.6 Å². The molecule has 0 saturated heterocycles. The van der Waals surface area contributed by atoms with Crippen LogP contribution in [0.1, 0.15) is 45.2 Å². The van der Waals surface area contributed by atoms with Crippen LogP contribution in [0.5, 0.6) is 5.75 Å². The Kier molecular flexibility index (Phi) is 6.80. The molecule has 0 amide bonds. The first-order chi connectivity index (χ1) is 9.04. The van der Waals surface area contributed by atoms with Gasteiger partial charge in [0.15, 0.2) is 0 Å². The Morgan fingerprint density at radius 3 is 2.58 bits per heavy atom. The second-order valence-corrected chi connectivity index (χ2v) is 5.66. The van der Waals surface area contributed by atoms with E-state index in [1.165, 1.54) is 6.07 Å². The average Bonchev–Trinajstić information content (AvgIpc) is 2.39. The summed E-state index contributed by atoms with van der Waals surface area (Å²) in [4.78, 5) is 0. The van der Waals surface area contributed by atoms with Crippen molar-refractivity contribution in [2.45, 2.75) is 39.7 Å². The molecule has 0 aliphatic rings. The minimum absolute atomic E-state index is 0.178. The zero-order valence-corrected chi connectivity index (χ0v) is 13.7. The second-order valence-electron chi connectivity index (χ2n) is 4.81. The number of methoxy groups -OCH3 is 1. The third-order valence-corrected chi connectivity index (χ3v) is 3.95. The quantitative estimate of drug-likeness (QED) is 0.782. The van der Waals surface area contributed by atoms with E-state index in [9.17, 15) is 4.39 Å². The lowest BCUT2D eigenvalue weighted by atomic mass is 9.90. The van der Waals surface area contributed by atoms with Crippen molar-refractivity contribution >= 4 is 15.9 Å². The summed E-state index contributed by atoms with van der Waals surface area (Å²) in [5, 5.41) is 3.48. The molecular weight excluding hydrogens is 309 g/mol. The zero-order valence-electron chi connectivity index (χ0n) is 12.1. The van der Waals surface area contributed by atoms with E-state index in [0.717, 1.165) is 24.9 Å². The lowest BCUT2D eigenvalue weighted by Gasteiger charge is -2.27. The first kappa shape index (κ1) is 16.4. The molecule has 108 valence electrons. The summed E-state index contributed by atoms with van der Waals surface area (Å²) >= 11 is 3.26. The molecule has 0 aliphatic carbocycles. The zero-order chi connectivity index (χ0) is 14.4. The summed E-state index contributed by atoms with van der Waals surface area (Å²) in [5.74, 6) is 0.782. The summed E-state index contributed by atoms with van der Waals surface area (Å²) in [6, 6.07) is 3.45. The fourth-order valence-electron chi connectivity index (χ4n) is 2.42. The minimum Gasteiger partial charge on any atom is -0.496 e. The Hall–Kier alpha value is -0.610. The van der Waals surface area contributed by atoms with Crippen molar-refractivity contribution in [3.05, 3.63) is 28.0 Å². The molecule has 0 spiro atoms. The van der Waals surface area contributed by atoms with E-state index in [1.807, 2.05) is 6.07 Å². The average molecular weight is 332 g/mol. The van der Waals surface area contributed by atoms with Crippen molar-refractivity contribution < 1.29 is 9.13 Å². The predicted molar refractivity (Wildman–Crippen MR) is 81.1 cm³/mol. The molecule has 0 aromatic heterocycles. The molecule has 1 rings (SSSR count). The van der Waals surface area contributed by atoms with E-state index in [1.54, 1.807) is 7.11 Å². The summed E-state index contributed by atoms with van der Waals surface area (Å²) in [5.41, 5.74) is 1.01. The van der Waals surface area contributed by atoms with Crippen LogP contribution in [0.15, 0.2) is 16.6 Å². The van der Waals surface area contributed by atoms with Crippen LogP contribution in [0.25, 0.3) is 0 Å². The first-order valence-corrected chi connectivity index (χ1v) is 7.60. The summed E-state index contributed by atoms with van der Waals surface area (Å²) < 4.78 is 19.4. The molecule has 1 aromatic carbocycles. The lowest BCUT2D eigenvalue weighted by molar-refractivity contribution is 0.345. The highest BCUT2D eigenvalue weighted by atomic mass is 79.9. The summed E-state index contributed by atoms with van der Waals surface area (Å²) in [7, 11) is 1.58. The van der Waals surface area contributed by atoms with Gasteiger partial charge >= 0.3 is 0 Å². The van der Waals surface area contributed by atoms with Gasteiger partial charge < -0.3 is 10.1 Å². The van der Waals surface area contributed by atoms with Crippen LogP contribution in [0.2, 0.25) is 0 Å². The van der Waals surface area contributed by atoms with Crippen LogP contribution >= 0.6 is 15.9 Å². The Morgan fingerprint density at radius 2 is 2.05 bits per heavy atom. The van der Waals surface area contributed by atoms with Crippen molar-refractivity contribution in [1.29, 1.82) is 0 Å². The van der Waals surface area contributed by atoms with Crippen LogP contribution < -0.4 is 10.1 Å². The fraction of sp³-hybridized carbons (Fsp3) is 0.600. The van der Waals surface area contributed by atoms with Crippen LogP contribution in [0.3, 0.4) is 0 Å². The standard InChI is InChI=1S/C15H23BrFNO/c1-5-7-10(3)15(18-6-2)11-8-12(16)13(17)9-14(11)19-4/h8-10,15,18H,5-7H2,1-4H3.